The number of hydrogen-bond donors (Lipinski definition) is 0. The molecule has 3 heterocycles. The summed E-state index contributed by atoms with van der Waals surface area (Å²) in [5, 5.41) is 0. The zero-order chi connectivity index (χ0) is 14.5. The second-order valence-electron chi connectivity index (χ2n) is 6.42. The van der Waals surface area contributed by atoms with Gasteiger partial charge in [-0.15, -0.1) is 0 Å². The molecule has 0 spiro atoms. The predicted molar refractivity (Wildman–Crippen MR) is 83.5 cm³/mol. The van der Waals surface area contributed by atoms with Crippen LogP contribution in [0.4, 0.5) is 5.95 Å². The minimum Gasteiger partial charge on any atom is -0.374 e. The Labute approximate surface area is 127 Å². The van der Waals surface area contributed by atoms with Gasteiger partial charge in [-0.1, -0.05) is 0 Å². The van der Waals surface area contributed by atoms with E-state index >= 15 is 0 Å². The van der Waals surface area contributed by atoms with Gasteiger partial charge in [0.05, 0.1) is 5.60 Å². The Kier molecular flexibility index (Phi) is 4.70. The highest BCUT2D eigenvalue weighted by molar-refractivity contribution is 5.28. The number of anilines is 1. The highest BCUT2D eigenvalue weighted by Gasteiger charge is 2.30. The Morgan fingerprint density at radius 3 is 2.71 bits per heavy atom. The molecule has 0 aromatic carbocycles. The summed E-state index contributed by atoms with van der Waals surface area (Å²) in [5.74, 6) is 0.861. The number of ether oxygens (including phenoxy) is 1. The van der Waals surface area contributed by atoms with Gasteiger partial charge in [0.15, 0.2) is 0 Å². The summed E-state index contributed by atoms with van der Waals surface area (Å²) in [6.45, 7) is 8.50. The van der Waals surface area contributed by atoms with Crippen molar-refractivity contribution in [2.24, 2.45) is 0 Å². The standard InChI is InChI=1S/C16H26N4O/c1-16(6-2-3-13-21-16)14-19-9-5-10-20(12-11-19)15-17-7-4-8-18-15/h4,7-8H,2-3,5-6,9-14H2,1H3. The van der Waals surface area contributed by atoms with Crippen LogP contribution in [0.2, 0.25) is 0 Å². The van der Waals surface area contributed by atoms with Crippen LogP contribution in [0.1, 0.15) is 32.6 Å². The fraction of sp³-hybridized carbons (Fsp3) is 0.750. The van der Waals surface area contributed by atoms with Gasteiger partial charge < -0.3 is 9.64 Å². The minimum absolute atomic E-state index is 0.0522. The summed E-state index contributed by atoms with van der Waals surface area (Å²) in [4.78, 5) is 13.6. The number of hydrogen-bond acceptors (Lipinski definition) is 5. The summed E-state index contributed by atoms with van der Waals surface area (Å²) >= 11 is 0. The van der Waals surface area contributed by atoms with E-state index < -0.39 is 0 Å². The molecule has 1 unspecified atom stereocenters. The van der Waals surface area contributed by atoms with E-state index in [1.54, 1.807) is 0 Å². The third kappa shape index (κ3) is 3.92. The molecule has 1 atom stereocenters. The molecule has 0 aliphatic carbocycles. The van der Waals surface area contributed by atoms with Gasteiger partial charge in [-0.05, 0) is 38.7 Å². The Hall–Kier alpha value is -1.20. The molecule has 5 heteroatoms. The van der Waals surface area contributed by atoms with E-state index in [1.165, 1.54) is 19.3 Å². The Balaban J connectivity index is 1.56. The van der Waals surface area contributed by atoms with Crippen molar-refractivity contribution in [3.8, 4) is 0 Å². The molecule has 21 heavy (non-hydrogen) atoms. The lowest BCUT2D eigenvalue weighted by Crippen LogP contribution is -2.46. The molecule has 0 amide bonds. The van der Waals surface area contributed by atoms with E-state index in [4.69, 9.17) is 4.74 Å². The molecule has 2 saturated heterocycles. The monoisotopic (exact) mass is 290 g/mol. The summed E-state index contributed by atoms with van der Waals surface area (Å²) in [5.41, 5.74) is 0.0522. The van der Waals surface area contributed by atoms with Crippen molar-refractivity contribution in [2.45, 2.75) is 38.2 Å². The van der Waals surface area contributed by atoms with Gasteiger partial charge in [0.2, 0.25) is 5.95 Å². The highest BCUT2D eigenvalue weighted by Crippen LogP contribution is 2.26. The molecule has 0 radical (unpaired) electrons. The molecule has 1 aromatic heterocycles. The SMILES string of the molecule is CC1(CN2CCCN(c3ncccn3)CC2)CCCCO1. The van der Waals surface area contributed by atoms with Crippen LogP contribution < -0.4 is 4.90 Å². The van der Waals surface area contributed by atoms with Crippen molar-refractivity contribution >= 4 is 5.95 Å². The summed E-state index contributed by atoms with van der Waals surface area (Å²) in [7, 11) is 0. The molecule has 5 nitrogen and oxygen atoms in total. The molecule has 0 N–H and O–H groups in total. The van der Waals surface area contributed by atoms with Crippen molar-refractivity contribution in [3.05, 3.63) is 18.5 Å². The number of rotatable bonds is 3. The Morgan fingerprint density at radius 2 is 1.95 bits per heavy atom. The third-order valence-electron chi connectivity index (χ3n) is 4.53. The molecule has 2 aliphatic heterocycles. The molecular formula is C16H26N4O. The van der Waals surface area contributed by atoms with Gasteiger partial charge in [-0.2, -0.15) is 0 Å². The topological polar surface area (TPSA) is 41.5 Å². The fourth-order valence-corrected chi connectivity index (χ4v) is 3.37. The summed E-state index contributed by atoms with van der Waals surface area (Å²) in [6.07, 6.45) is 8.51. The van der Waals surface area contributed by atoms with Crippen LogP contribution in [0.15, 0.2) is 18.5 Å². The van der Waals surface area contributed by atoms with Gasteiger partial charge in [-0.25, -0.2) is 9.97 Å². The lowest BCUT2D eigenvalue weighted by molar-refractivity contribution is -0.0819. The quantitative estimate of drug-likeness (QED) is 0.851. The van der Waals surface area contributed by atoms with Gasteiger partial charge >= 0.3 is 0 Å². The first-order chi connectivity index (χ1) is 10.3. The van der Waals surface area contributed by atoms with E-state index in [0.29, 0.717) is 0 Å². The van der Waals surface area contributed by atoms with Crippen molar-refractivity contribution in [3.63, 3.8) is 0 Å². The summed E-state index contributed by atoms with van der Waals surface area (Å²) in [6, 6.07) is 1.87. The van der Waals surface area contributed by atoms with E-state index in [1.807, 2.05) is 18.5 Å². The van der Waals surface area contributed by atoms with Crippen LogP contribution >= 0.6 is 0 Å². The molecule has 3 rings (SSSR count). The van der Waals surface area contributed by atoms with Crippen molar-refractivity contribution in [2.75, 3.05) is 44.2 Å². The zero-order valence-corrected chi connectivity index (χ0v) is 13.0. The minimum atomic E-state index is 0.0522. The molecule has 1 aromatic rings. The maximum Gasteiger partial charge on any atom is 0.225 e. The van der Waals surface area contributed by atoms with Gasteiger partial charge in [0.25, 0.3) is 0 Å². The van der Waals surface area contributed by atoms with E-state index in [-0.39, 0.29) is 5.60 Å². The molecule has 116 valence electrons. The van der Waals surface area contributed by atoms with Crippen molar-refractivity contribution in [1.29, 1.82) is 0 Å². The van der Waals surface area contributed by atoms with E-state index in [2.05, 4.69) is 26.7 Å². The third-order valence-corrected chi connectivity index (χ3v) is 4.53. The maximum atomic E-state index is 6.04. The largest absolute Gasteiger partial charge is 0.374 e. The molecule has 2 fully saturated rings. The first-order valence-corrected chi connectivity index (χ1v) is 8.13. The Morgan fingerprint density at radius 1 is 1.10 bits per heavy atom. The molecule has 0 bridgehead atoms. The fourth-order valence-electron chi connectivity index (χ4n) is 3.37. The molecular weight excluding hydrogens is 264 g/mol. The van der Waals surface area contributed by atoms with Gasteiger partial charge in [-0.3, -0.25) is 4.90 Å². The van der Waals surface area contributed by atoms with Crippen LogP contribution in [0, 0.1) is 0 Å². The molecule has 0 saturated carbocycles. The lowest BCUT2D eigenvalue weighted by Gasteiger charge is -2.38. The maximum absolute atomic E-state index is 6.04. The second kappa shape index (κ2) is 6.71. The first kappa shape index (κ1) is 14.7. The first-order valence-electron chi connectivity index (χ1n) is 8.13. The average Bonchev–Trinajstić information content (AvgIpc) is 2.74. The van der Waals surface area contributed by atoms with Crippen LogP contribution in [0.5, 0.6) is 0 Å². The highest BCUT2D eigenvalue weighted by atomic mass is 16.5. The van der Waals surface area contributed by atoms with Crippen LogP contribution in [0.25, 0.3) is 0 Å². The molecule has 2 aliphatic rings. The van der Waals surface area contributed by atoms with Crippen molar-refractivity contribution < 1.29 is 4.74 Å². The number of aromatic nitrogens is 2. The second-order valence-corrected chi connectivity index (χ2v) is 6.42. The van der Waals surface area contributed by atoms with Gasteiger partial charge in [0.1, 0.15) is 0 Å². The van der Waals surface area contributed by atoms with E-state index in [9.17, 15) is 0 Å². The zero-order valence-electron chi connectivity index (χ0n) is 13.0. The number of nitrogens with zero attached hydrogens (tertiary/aromatic N) is 4. The Bertz CT molecular complexity index is 433. The smallest absolute Gasteiger partial charge is 0.225 e. The van der Waals surface area contributed by atoms with Crippen molar-refractivity contribution in [1.82, 2.24) is 14.9 Å². The predicted octanol–water partition coefficient (Wildman–Crippen LogP) is 1.95. The lowest BCUT2D eigenvalue weighted by atomic mass is 9.95. The van der Waals surface area contributed by atoms with Gasteiger partial charge in [0, 0.05) is 51.7 Å². The average molecular weight is 290 g/mol. The van der Waals surface area contributed by atoms with Crippen LogP contribution in [-0.4, -0.2) is 59.8 Å². The van der Waals surface area contributed by atoms with E-state index in [0.717, 1.165) is 51.7 Å². The summed E-state index contributed by atoms with van der Waals surface area (Å²) < 4.78 is 6.04. The van der Waals surface area contributed by atoms with Crippen LogP contribution in [-0.2, 0) is 4.74 Å². The van der Waals surface area contributed by atoms with Crippen LogP contribution in [0.3, 0.4) is 0 Å². The normalized spacial score (nSPS) is 28.3.